The van der Waals surface area contributed by atoms with Crippen molar-refractivity contribution in [2.45, 2.75) is 71.4 Å². The van der Waals surface area contributed by atoms with Crippen LogP contribution in [0.2, 0.25) is 5.02 Å². The van der Waals surface area contributed by atoms with Crippen LogP contribution in [0.1, 0.15) is 64.0 Å². The van der Waals surface area contributed by atoms with Gasteiger partial charge in [-0.1, -0.05) is 42.7 Å². The van der Waals surface area contributed by atoms with Gasteiger partial charge in [0, 0.05) is 18.1 Å². The monoisotopic (exact) mass is 497 g/mol. The van der Waals surface area contributed by atoms with Crippen molar-refractivity contribution in [2.24, 2.45) is 5.92 Å². The minimum absolute atomic E-state index is 0.145. The number of esters is 1. The minimum Gasteiger partial charge on any atom is -0.459 e. The summed E-state index contributed by atoms with van der Waals surface area (Å²) in [5.41, 5.74) is 1.58. The first-order valence-electron chi connectivity index (χ1n) is 12.3. The van der Waals surface area contributed by atoms with Gasteiger partial charge in [-0.25, -0.2) is 0 Å². The molecule has 0 radical (unpaired) electrons. The van der Waals surface area contributed by atoms with Gasteiger partial charge in [-0.05, 0) is 87.9 Å². The van der Waals surface area contributed by atoms with Gasteiger partial charge >= 0.3 is 5.97 Å². The van der Waals surface area contributed by atoms with Gasteiger partial charge in [-0.3, -0.25) is 9.59 Å². The third-order valence-corrected chi connectivity index (χ3v) is 6.16. The van der Waals surface area contributed by atoms with Crippen molar-refractivity contribution in [3.05, 3.63) is 71.3 Å². The Kier molecular flexibility index (Phi) is 9.39. The molecule has 1 atom stereocenters. The van der Waals surface area contributed by atoms with Gasteiger partial charge < -0.3 is 14.4 Å². The molecule has 0 fully saturated rings. The Morgan fingerprint density at radius 3 is 2.57 bits per heavy atom. The normalized spacial score (nSPS) is 14.1. The molecule has 1 heterocycles. The number of allylic oxidation sites excluding steroid dienone is 1. The van der Waals surface area contributed by atoms with Gasteiger partial charge in [0.15, 0.2) is 0 Å². The van der Waals surface area contributed by atoms with Crippen molar-refractivity contribution >= 4 is 23.5 Å². The van der Waals surface area contributed by atoms with E-state index in [9.17, 15) is 9.59 Å². The van der Waals surface area contributed by atoms with Gasteiger partial charge in [0.2, 0.25) is 5.91 Å². The fourth-order valence-electron chi connectivity index (χ4n) is 4.20. The number of benzene rings is 2. The number of hydrogen-bond donors (Lipinski definition) is 0. The highest BCUT2D eigenvalue weighted by molar-refractivity contribution is 6.30. The molecule has 3 rings (SSSR count). The Labute approximate surface area is 214 Å². The lowest BCUT2D eigenvalue weighted by atomic mass is 9.95. The molecule has 0 bridgehead atoms. The average molecular weight is 498 g/mol. The largest absolute Gasteiger partial charge is 0.459 e. The molecule has 0 saturated heterocycles. The third-order valence-electron chi connectivity index (χ3n) is 5.92. The standard InChI is InChI=1S/C29H36ClNO4/c1-5-6-7-8-9-13-26(28(33)35-29(2,3)4)27(32)31-17-16-21-18-25(15-14-22(21)20-31)34-24-12-10-11-23(30)19-24/h5,10-12,14-15,18-19,26H,1,6-9,13,16-17,20H2,2-4H3/t26-/m0/s1. The summed E-state index contributed by atoms with van der Waals surface area (Å²) in [4.78, 5) is 28.2. The van der Waals surface area contributed by atoms with Crippen molar-refractivity contribution in [3.63, 3.8) is 0 Å². The van der Waals surface area contributed by atoms with E-state index >= 15 is 0 Å². The van der Waals surface area contributed by atoms with Crippen LogP contribution in [0.25, 0.3) is 0 Å². The molecule has 188 valence electrons. The van der Waals surface area contributed by atoms with Gasteiger partial charge in [-0.2, -0.15) is 0 Å². The number of amides is 1. The van der Waals surface area contributed by atoms with Gasteiger partial charge in [0.1, 0.15) is 23.0 Å². The first-order valence-corrected chi connectivity index (χ1v) is 12.7. The number of fused-ring (bicyclic) bond motifs is 1. The Bertz CT molecular complexity index is 1040. The van der Waals surface area contributed by atoms with Crippen LogP contribution in [0.5, 0.6) is 11.5 Å². The van der Waals surface area contributed by atoms with Crippen molar-refractivity contribution in [1.29, 1.82) is 0 Å². The molecule has 1 amide bonds. The summed E-state index contributed by atoms with van der Waals surface area (Å²) in [5.74, 6) is 0.0652. The second-order valence-electron chi connectivity index (χ2n) is 10.0. The van der Waals surface area contributed by atoms with Crippen molar-refractivity contribution in [2.75, 3.05) is 6.54 Å². The summed E-state index contributed by atoms with van der Waals surface area (Å²) in [7, 11) is 0. The van der Waals surface area contributed by atoms with Crippen LogP contribution in [0.15, 0.2) is 55.1 Å². The van der Waals surface area contributed by atoms with Crippen LogP contribution in [0.3, 0.4) is 0 Å². The molecule has 6 heteroatoms. The van der Waals surface area contributed by atoms with E-state index in [1.165, 1.54) is 0 Å². The van der Waals surface area contributed by atoms with E-state index < -0.39 is 17.5 Å². The van der Waals surface area contributed by atoms with Crippen LogP contribution in [0, 0.1) is 5.92 Å². The molecule has 35 heavy (non-hydrogen) atoms. The van der Waals surface area contributed by atoms with Crippen LogP contribution in [-0.2, 0) is 27.3 Å². The van der Waals surface area contributed by atoms with Gasteiger partial charge in [0.25, 0.3) is 0 Å². The molecule has 0 aliphatic carbocycles. The minimum atomic E-state index is -0.773. The van der Waals surface area contributed by atoms with Gasteiger partial charge in [0.05, 0.1) is 0 Å². The molecule has 1 aliphatic heterocycles. The van der Waals surface area contributed by atoms with Crippen molar-refractivity contribution in [1.82, 2.24) is 4.90 Å². The highest BCUT2D eigenvalue weighted by atomic mass is 35.5. The molecule has 0 saturated carbocycles. The summed E-state index contributed by atoms with van der Waals surface area (Å²) >= 11 is 6.05. The molecule has 1 aliphatic rings. The lowest BCUT2D eigenvalue weighted by Crippen LogP contribution is -2.44. The number of hydrogen-bond acceptors (Lipinski definition) is 4. The fourth-order valence-corrected chi connectivity index (χ4v) is 4.38. The van der Waals surface area contributed by atoms with E-state index in [1.807, 2.05) is 57.2 Å². The van der Waals surface area contributed by atoms with Crippen molar-refractivity contribution < 1.29 is 19.1 Å². The SMILES string of the molecule is C=CCCCCC[C@H](C(=O)OC(C)(C)C)C(=O)N1CCc2cc(Oc3cccc(Cl)c3)ccc2C1. The molecule has 0 aromatic heterocycles. The second-order valence-corrected chi connectivity index (χ2v) is 10.4. The highest BCUT2D eigenvalue weighted by Gasteiger charge is 2.35. The van der Waals surface area contributed by atoms with E-state index in [1.54, 1.807) is 17.0 Å². The third kappa shape index (κ3) is 8.14. The predicted octanol–water partition coefficient (Wildman–Crippen LogP) is 7.11. The van der Waals surface area contributed by atoms with E-state index in [-0.39, 0.29) is 5.91 Å². The summed E-state index contributed by atoms with van der Waals surface area (Å²) in [5, 5.41) is 0.620. The molecule has 0 spiro atoms. The zero-order chi connectivity index (χ0) is 25.4. The van der Waals surface area contributed by atoms with Crippen LogP contribution < -0.4 is 4.74 Å². The molecule has 0 unspecified atom stereocenters. The predicted molar refractivity (Wildman–Crippen MR) is 140 cm³/mol. The maximum atomic E-state index is 13.5. The van der Waals surface area contributed by atoms with E-state index in [4.69, 9.17) is 21.1 Å². The smallest absolute Gasteiger partial charge is 0.319 e. The van der Waals surface area contributed by atoms with Crippen LogP contribution in [-0.4, -0.2) is 28.9 Å². The number of ether oxygens (including phenoxy) is 2. The van der Waals surface area contributed by atoms with E-state index in [2.05, 4.69) is 6.58 Å². The lowest BCUT2D eigenvalue weighted by molar-refractivity contribution is -0.165. The zero-order valence-corrected chi connectivity index (χ0v) is 21.8. The van der Waals surface area contributed by atoms with Gasteiger partial charge in [-0.15, -0.1) is 6.58 Å². The topological polar surface area (TPSA) is 55.8 Å². The summed E-state index contributed by atoms with van der Waals surface area (Å²) < 4.78 is 11.6. The summed E-state index contributed by atoms with van der Waals surface area (Å²) in [6.07, 6.45) is 6.81. The Morgan fingerprint density at radius 1 is 1.09 bits per heavy atom. The molecular formula is C29H36ClNO4. The average Bonchev–Trinajstić information content (AvgIpc) is 2.79. The maximum absolute atomic E-state index is 13.5. The van der Waals surface area contributed by atoms with Crippen LogP contribution >= 0.6 is 11.6 Å². The fraction of sp³-hybridized carbons (Fsp3) is 0.448. The number of carbonyl (C=O) groups excluding carboxylic acids is 2. The molecule has 0 N–H and O–H groups in total. The number of unbranched alkanes of at least 4 members (excludes halogenated alkanes) is 3. The number of halogens is 1. The first kappa shape index (κ1) is 26.8. The molecular weight excluding hydrogens is 462 g/mol. The number of nitrogens with zero attached hydrogens (tertiary/aromatic N) is 1. The quantitative estimate of drug-likeness (QED) is 0.152. The Morgan fingerprint density at radius 2 is 1.86 bits per heavy atom. The first-order chi connectivity index (χ1) is 16.7. The zero-order valence-electron chi connectivity index (χ0n) is 21.0. The number of rotatable bonds is 10. The summed E-state index contributed by atoms with van der Waals surface area (Å²) in [6.45, 7) is 10.3. The Balaban J connectivity index is 1.68. The molecule has 2 aromatic rings. The molecule has 2 aromatic carbocycles. The van der Waals surface area contributed by atoms with E-state index in [0.29, 0.717) is 36.7 Å². The molecule has 5 nitrogen and oxygen atoms in total. The highest BCUT2D eigenvalue weighted by Crippen LogP contribution is 2.30. The van der Waals surface area contributed by atoms with E-state index in [0.717, 1.165) is 42.6 Å². The lowest BCUT2D eigenvalue weighted by Gasteiger charge is -2.32. The number of carbonyl (C=O) groups is 2. The Hall–Kier alpha value is -2.79. The van der Waals surface area contributed by atoms with Crippen molar-refractivity contribution in [3.8, 4) is 11.5 Å². The maximum Gasteiger partial charge on any atom is 0.319 e. The summed E-state index contributed by atoms with van der Waals surface area (Å²) in [6, 6.07) is 13.2. The second kappa shape index (κ2) is 12.3. The van der Waals surface area contributed by atoms with Crippen LogP contribution in [0.4, 0.5) is 0 Å².